The summed E-state index contributed by atoms with van der Waals surface area (Å²) in [6.07, 6.45) is 3.51. The van der Waals surface area contributed by atoms with Crippen molar-refractivity contribution in [2.24, 2.45) is 0 Å². The van der Waals surface area contributed by atoms with Crippen molar-refractivity contribution >= 4 is 22.6 Å². The van der Waals surface area contributed by atoms with Gasteiger partial charge in [-0.15, -0.1) is 5.10 Å². The van der Waals surface area contributed by atoms with E-state index in [9.17, 15) is 0 Å². The number of aryl methyl sites for hydroxylation is 1. The Kier molecular flexibility index (Phi) is 2.83. The highest BCUT2D eigenvalue weighted by Crippen LogP contribution is 2.26. The second kappa shape index (κ2) is 4.51. The molecule has 1 aromatic carbocycles. The maximum absolute atomic E-state index is 5.77. The number of hydrogen-bond acceptors (Lipinski definition) is 4. The lowest BCUT2D eigenvalue weighted by Gasteiger charge is -2.10. The normalized spacial score (nSPS) is 10.9. The maximum atomic E-state index is 5.77. The molecule has 0 N–H and O–H groups in total. The molecule has 0 radical (unpaired) electrons. The standard InChI is InChI=1S/C13H11ClN4O/c1-8-4-3-5-10(19-2)11(8)18-7-9-6-15-13(14)16-12(9)17-18/h3-7H,1-2H3. The molecule has 0 saturated heterocycles. The average molecular weight is 275 g/mol. The van der Waals surface area contributed by atoms with Gasteiger partial charge in [-0.1, -0.05) is 12.1 Å². The molecule has 2 heterocycles. The molecule has 0 aliphatic carbocycles. The van der Waals surface area contributed by atoms with E-state index in [1.54, 1.807) is 18.0 Å². The summed E-state index contributed by atoms with van der Waals surface area (Å²) in [5.74, 6) is 0.756. The number of hydrogen-bond donors (Lipinski definition) is 0. The number of rotatable bonds is 2. The first kappa shape index (κ1) is 11.9. The van der Waals surface area contributed by atoms with Crippen molar-refractivity contribution in [1.29, 1.82) is 0 Å². The Balaban J connectivity index is 2.24. The summed E-state index contributed by atoms with van der Waals surface area (Å²) in [6.45, 7) is 2.00. The van der Waals surface area contributed by atoms with Gasteiger partial charge in [0.25, 0.3) is 0 Å². The Hall–Kier alpha value is -2.14. The molecular formula is C13H11ClN4O. The van der Waals surface area contributed by atoms with Gasteiger partial charge in [-0.2, -0.15) is 4.98 Å². The molecule has 6 heteroatoms. The molecule has 19 heavy (non-hydrogen) atoms. The van der Waals surface area contributed by atoms with Crippen LogP contribution in [0.4, 0.5) is 0 Å². The quantitative estimate of drug-likeness (QED) is 0.674. The number of aromatic nitrogens is 4. The van der Waals surface area contributed by atoms with E-state index in [-0.39, 0.29) is 5.28 Å². The van der Waals surface area contributed by atoms with Gasteiger partial charge in [0.2, 0.25) is 5.28 Å². The molecule has 0 bridgehead atoms. The Morgan fingerprint density at radius 3 is 2.95 bits per heavy atom. The minimum atomic E-state index is 0.189. The number of methoxy groups -OCH3 is 1. The lowest BCUT2D eigenvalue weighted by Crippen LogP contribution is -2.01. The Labute approximate surface area is 114 Å². The molecule has 2 aromatic heterocycles. The molecule has 96 valence electrons. The van der Waals surface area contributed by atoms with Gasteiger partial charge in [0.1, 0.15) is 11.4 Å². The lowest BCUT2D eigenvalue weighted by atomic mass is 10.2. The minimum absolute atomic E-state index is 0.189. The van der Waals surface area contributed by atoms with Crippen LogP contribution in [0.3, 0.4) is 0 Å². The van der Waals surface area contributed by atoms with E-state index in [0.29, 0.717) is 5.65 Å². The van der Waals surface area contributed by atoms with E-state index in [0.717, 1.165) is 22.4 Å². The lowest BCUT2D eigenvalue weighted by molar-refractivity contribution is 0.411. The molecule has 0 spiro atoms. The summed E-state index contributed by atoms with van der Waals surface area (Å²) in [6, 6.07) is 5.84. The van der Waals surface area contributed by atoms with E-state index < -0.39 is 0 Å². The zero-order chi connectivity index (χ0) is 13.4. The van der Waals surface area contributed by atoms with E-state index in [1.165, 1.54) is 0 Å². The highest BCUT2D eigenvalue weighted by Gasteiger charge is 2.11. The van der Waals surface area contributed by atoms with Crippen molar-refractivity contribution in [2.45, 2.75) is 6.92 Å². The number of benzene rings is 1. The first-order chi connectivity index (χ1) is 9.19. The number of fused-ring (bicyclic) bond motifs is 1. The van der Waals surface area contributed by atoms with Crippen molar-refractivity contribution in [3.63, 3.8) is 0 Å². The van der Waals surface area contributed by atoms with Gasteiger partial charge in [-0.3, -0.25) is 0 Å². The first-order valence-corrected chi connectivity index (χ1v) is 6.09. The fourth-order valence-corrected chi connectivity index (χ4v) is 2.13. The molecule has 0 amide bonds. The predicted molar refractivity (Wildman–Crippen MR) is 73.0 cm³/mol. The van der Waals surface area contributed by atoms with Crippen molar-refractivity contribution < 1.29 is 4.74 Å². The zero-order valence-electron chi connectivity index (χ0n) is 10.5. The van der Waals surface area contributed by atoms with Gasteiger partial charge in [-0.05, 0) is 30.2 Å². The molecule has 0 fully saturated rings. The van der Waals surface area contributed by atoms with Crippen LogP contribution in [0.25, 0.3) is 16.7 Å². The number of nitrogens with zero attached hydrogens (tertiary/aromatic N) is 4. The zero-order valence-corrected chi connectivity index (χ0v) is 11.2. The van der Waals surface area contributed by atoms with E-state index in [2.05, 4.69) is 15.1 Å². The van der Waals surface area contributed by atoms with Gasteiger partial charge in [-0.25, -0.2) is 9.67 Å². The van der Waals surface area contributed by atoms with Crippen LogP contribution in [0.2, 0.25) is 5.28 Å². The molecule has 0 saturated carbocycles. The van der Waals surface area contributed by atoms with Crippen molar-refractivity contribution in [3.8, 4) is 11.4 Å². The van der Waals surface area contributed by atoms with Gasteiger partial charge < -0.3 is 4.74 Å². The molecule has 0 unspecified atom stereocenters. The van der Waals surface area contributed by atoms with Crippen LogP contribution in [-0.4, -0.2) is 26.9 Å². The minimum Gasteiger partial charge on any atom is -0.494 e. The summed E-state index contributed by atoms with van der Waals surface area (Å²) < 4.78 is 7.12. The van der Waals surface area contributed by atoms with Crippen LogP contribution in [0.5, 0.6) is 5.75 Å². The van der Waals surface area contributed by atoms with Crippen LogP contribution < -0.4 is 4.74 Å². The molecule has 3 aromatic rings. The summed E-state index contributed by atoms with van der Waals surface area (Å²) in [5, 5.41) is 5.43. The van der Waals surface area contributed by atoms with E-state index in [1.807, 2.05) is 31.3 Å². The molecule has 5 nitrogen and oxygen atoms in total. The van der Waals surface area contributed by atoms with E-state index >= 15 is 0 Å². The highest BCUT2D eigenvalue weighted by molar-refractivity contribution is 6.28. The molecule has 0 aliphatic heterocycles. The van der Waals surface area contributed by atoms with Crippen molar-refractivity contribution in [1.82, 2.24) is 19.7 Å². The van der Waals surface area contributed by atoms with Crippen molar-refractivity contribution in [3.05, 3.63) is 41.4 Å². The monoisotopic (exact) mass is 274 g/mol. The second-order valence-electron chi connectivity index (χ2n) is 4.12. The fraction of sp³-hybridized carbons (Fsp3) is 0.154. The SMILES string of the molecule is COc1cccc(C)c1-n1cc2cnc(Cl)nc2n1. The molecule has 3 rings (SSSR count). The van der Waals surface area contributed by atoms with Gasteiger partial charge >= 0.3 is 0 Å². The number of para-hydroxylation sites is 1. The molecular weight excluding hydrogens is 264 g/mol. The smallest absolute Gasteiger partial charge is 0.224 e. The largest absolute Gasteiger partial charge is 0.494 e. The van der Waals surface area contributed by atoms with Crippen LogP contribution in [0.1, 0.15) is 5.56 Å². The van der Waals surface area contributed by atoms with Crippen LogP contribution in [-0.2, 0) is 0 Å². The Bertz CT molecular complexity index is 753. The third kappa shape index (κ3) is 2.02. The summed E-state index contributed by atoms with van der Waals surface area (Å²) in [7, 11) is 1.64. The second-order valence-corrected chi connectivity index (χ2v) is 4.46. The Morgan fingerprint density at radius 2 is 2.16 bits per heavy atom. The van der Waals surface area contributed by atoms with Gasteiger partial charge in [0.15, 0.2) is 5.65 Å². The third-order valence-electron chi connectivity index (χ3n) is 2.88. The summed E-state index contributed by atoms with van der Waals surface area (Å²) in [4.78, 5) is 8.04. The van der Waals surface area contributed by atoms with Crippen LogP contribution >= 0.6 is 11.6 Å². The average Bonchev–Trinajstić information content (AvgIpc) is 2.80. The topological polar surface area (TPSA) is 52.8 Å². The summed E-state index contributed by atoms with van der Waals surface area (Å²) in [5.41, 5.74) is 2.51. The number of halogens is 1. The highest BCUT2D eigenvalue weighted by atomic mass is 35.5. The van der Waals surface area contributed by atoms with Gasteiger partial charge in [0.05, 0.1) is 12.5 Å². The van der Waals surface area contributed by atoms with Crippen molar-refractivity contribution in [2.75, 3.05) is 7.11 Å². The first-order valence-electron chi connectivity index (χ1n) is 5.71. The predicted octanol–water partition coefficient (Wildman–Crippen LogP) is 2.79. The summed E-state index contributed by atoms with van der Waals surface area (Å²) >= 11 is 5.77. The molecule has 0 aliphatic rings. The fourth-order valence-electron chi connectivity index (χ4n) is 2.00. The van der Waals surface area contributed by atoms with Gasteiger partial charge in [0, 0.05) is 12.4 Å². The van der Waals surface area contributed by atoms with Crippen LogP contribution in [0.15, 0.2) is 30.6 Å². The van der Waals surface area contributed by atoms with E-state index in [4.69, 9.17) is 16.3 Å². The van der Waals surface area contributed by atoms with Crippen LogP contribution in [0, 0.1) is 6.92 Å². The third-order valence-corrected chi connectivity index (χ3v) is 3.06. The maximum Gasteiger partial charge on any atom is 0.224 e. The number of ether oxygens (including phenoxy) is 1. The Morgan fingerprint density at radius 1 is 1.32 bits per heavy atom. The molecule has 0 atom stereocenters.